The molecule has 1 aromatic carbocycles. The average Bonchev–Trinajstić information content (AvgIpc) is 3.47. The standard InChI is InChI=1S/C24H35ClN8O4/c25-16-3-1-15(2-4-16)5-7-28-8-10-32(9-6-17(26)24(35)36)12-19-18(34)11-20(37-19)33-14-31-21-22(27)29-13-30-23(21)33/h1-4,13,17-20,28,31,34H,5-12,14,26H2,(H,35,36)(H2,27,29,30)/t17-,18?,19+,20+/m0/s1. The van der Waals surface area contributed by atoms with E-state index in [1.807, 2.05) is 29.2 Å². The number of hydrogen-bond acceptors (Lipinski definition) is 11. The van der Waals surface area contributed by atoms with E-state index in [9.17, 15) is 15.0 Å². The first-order chi connectivity index (χ1) is 17.8. The lowest BCUT2D eigenvalue weighted by atomic mass is 10.1. The maximum absolute atomic E-state index is 11.2. The number of aliphatic hydroxyl groups is 1. The number of carboxylic acids is 1. The predicted molar refractivity (Wildman–Crippen MR) is 141 cm³/mol. The van der Waals surface area contributed by atoms with Crippen LogP contribution in [0.3, 0.4) is 0 Å². The van der Waals surface area contributed by atoms with Gasteiger partial charge in [0.05, 0.1) is 18.9 Å². The number of benzene rings is 1. The van der Waals surface area contributed by atoms with E-state index in [1.165, 1.54) is 11.9 Å². The molecule has 3 heterocycles. The summed E-state index contributed by atoms with van der Waals surface area (Å²) in [5.74, 6) is -0.00802. The van der Waals surface area contributed by atoms with Crippen LogP contribution in [0.25, 0.3) is 0 Å². The summed E-state index contributed by atoms with van der Waals surface area (Å²) in [4.78, 5) is 23.6. The van der Waals surface area contributed by atoms with Crippen LogP contribution < -0.4 is 27.0 Å². The minimum atomic E-state index is -1.03. The topological polar surface area (TPSA) is 175 Å². The summed E-state index contributed by atoms with van der Waals surface area (Å²) in [6.07, 6.45) is 1.49. The van der Waals surface area contributed by atoms with Crippen molar-refractivity contribution in [2.75, 3.05) is 55.3 Å². The third-order valence-corrected chi connectivity index (χ3v) is 6.98. The van der Waals surface area contributed by atoms with Gasteiger partial charge >= 0.3 is 5.97 Å². The van der Waals surface area contributed by atoms with Crippen LogP contribution in [0.5, 0.6) is 0 Å². The molecule has 37 heavy (non-hydrogen) atoms. The molecule has 1 saturated heterocycles. The van der Waals surface area contributed by atoms with Gasteiger partial charge in [-0.05, 0) is 37.1 Å². The van der Waals surface area contributed by atoms with Crippen LogP contribution >= 0.6 is 11.6 Å². The first-order valence-electron chi connectivity index (χ1n) is 12.4. The Balaban J connectivity index is 1.30. The normalized spacial score (nSPS) is 21.7. The van der Waals surface area contributed by atoms with Crippen molar-refractivity contribution in [2.24, 2.45) is 5.73 Å². The Kier molecular flexibility index (Phi) is 9.35. The highest BCUT2D eigenvalue weighted by molar-refractivity contribution is 6.30. The molecular formula is C24H35ClN8O4. The highest BCUT2D eigenvalue weighted by atomic mass is 35.5. The van der Waals surface area contributed by atoms with Gasteiger partial charge in [-0.3, -0.25) is 9.69 Å². The van der Waals surface area contributed by atoms with Gasteiger partial charge in [0.25, 0.3) is 0 Å². The van der Waals surface area contributed by atoms with Gasteiger partial charge in [-0.25, -0.2) is 9.97 Å². The number of carboxylic acid groups (broad SMARTS) is 1. The molecule has 202 valence electrons. The molecule has 0 aliphatic carbocycles. The third kappa shape index (κ3) is 7.18. The van der Waals surface area contributed by atoms with Crippen LogP contribution in [0.2, 0.25) is 5.02 Å². The Hall–Kier alpha value is -2.74. The maximum Gasteiger partial charge on any atom is 0.320 e. The van der Waals surface area contributed by atoms with Crippen LogP contribution in [0.15, 0.2) is 30.6 Å². The molecule has 1 aromatic heterocycles. The van der Waals surface area contributed by atoms with E-state index in [1.54, 1.807) is 0 Å². The molecule has 1 fully saturated rings. The zero-order valence-electron chi connectivity index (χ0n) is 20.6. The zero-order chi connectivity index (χ0) is 26.4. The van der Waals surface area contributed by atoms with Gasteiger partial charge in [0.2, 0.25) is 0 Å². The Labute approximate surface area is 220 Å². The number of nitrogens with zero attached hydrogens (tertiary/aromatic N) is 4. The molecule has 12 nitrogen and oxygen atoms in total. The quantitative estimate of drug-likeness (QED) is 0.194. The predicted octanol–water partition coefficient (Wildman–Crippen LogP) is 0.314. The van der Waals surface area contributed by atoms with Crippen LogP contribution in [0, 0.1) is 0 Å². The number of nitrogens with one attached hydrogen (secondary N) is 2. The summed E-state index contributed by atoms with van der Waals surface area (Å²) < 4.78 is 6.25. The van der Waals surface area contributed by atoms with Gasteiger partial charge < -0.3 is 42.0 Å². The van der Waals surface area contributed by atoms with Crippen molar-refractivity contribution in [3.8, 4) is 0 Å². The van der Waals surface area contributed by atoms with E-state index in [0.29, 0.717) is 68.0 Å². The SMILES string of the molecule is Nc1ncnc2c1NCN2[C@H]1CC(O)[C@@H](CN(CCNCCc2ccc(Cl)cc2)CC[C@H](N)C(=O)O)O1. The Morgan fingerprint density at radius 3 is 2.84 bits per heavy atom. The number of nitrogens with two attached hydrogens (primary N) is 2. The van der Waals surface area contributed by atoms with Crippen LogP contribution in [0.4, 0.5) is 17.3 Å². The highest BCUT2D eigenvalue weighted by Crippen LogP contribution is 2.37. The molecule has 13 heteroatoms. The van der Waals surface area contributed by atoms with Crippen molar-refractivity contribution in [1.29, 1.82) is 0 Å². The molecule has 4 rings (SSSR count). The molecule has 8 N–H and O–H groups in total. The highest BCUT2D eigenvalue weighted by Gasteiger charge is 2.41. The largest absolute Gasteiger partial charge is 0.480 e. The number of hydrogen-bond donors (Lipinski definition) is 6. The summed E-state index contributed by atoms with van der Waals surface area (Å²) >= 11 is 5.95. The Bertz CT molecular complexity index is 1050. The van der Waals surface area contributed by atoms with Crippen LogP contribution in [-0.4, -0.2) is 94.9 Å². The van der Waals surface area contributed by atoms with Crippen molar-refractivity contribution >= 4 is 34.9 Å². The van der Waals surface area contributed by atoms with Crippen LogP contribution in [0.1, 0.15) is 18.4 Å². The molecule has 4 atom stereocenters. The number of aliphatic hydroxyl groups excluding tert-OH is 1. The third-order valence-electron chi connectivity index (χ3n) is 6.73. The minimum absolute atomic E-state index is 0.298. The lowest BCUT2D eigenvalue weighted by Crippen LogP contribution is -2.44. The fourth-order valence-corrected chi connectivity index (χ4v) is 4.69. The number of anilines is 3. The van der Waals surface area contributed by atoms with Gasteiger partial charge in [-0.2, -0.15) is 0 Å². The number of nitrogen functional groups attached to an aromatic ring is 1. The Morgan fingerprint density at radius 1 is 1.30 bits per heavy atom. The number of carbonyl (C=O) groups is 1. The molecule has 1 unspecified atom stereocenters. The molecule has 2 aliphatic rings. The number of fused-ring (bicyclic) bond motifs is 1. The zero-order valence-corrected chi connectivity index (χ0v) is 21.3. The van der Waals surface area contributed by atoms with Gasteiger partial charge in [0.1, 0.15) is 24.3 Å². The van der Waals surface area contributed by atoms with E-state index >= 15 is 0 Å². The lowest BCUT2D eigenvalue weighted by Gasteiger charge is -2.28. The first kappa shape index (κ1) is 27.3. The van der Waals surface area contributed by atoms with Gasteiger partial charge in [0.15, 0.2) is 11.6 Å². The second kappa shape index (κ2) is 12.7. The van der Waals surface area contributed by atoms with Crippen molar-refractivity contribution in [2.45, 2.75) is 43.7 Å². The van der Waals surface area contributed by atoms with E-state index < -0.39 is 24.2 Å². The van der Waals surface area contributed by atoms with Crippen molar-refractivity contribution in [3.05, 3.63) is 41.2 Å². The second-order valence-corrected chi connectivity index (χ2v) is 9.79. The molecule has 0 saturated carbocycles. The van der Waals surface area contributed by atoms with Crippen molar-refractivity contribution in [3.63, 3.8) is 0 Å². The smallest absolute Gasteiger partial charge is 0.320 e. The second-order valence-electron chi connectivity index (χ2n) is 9.35. The molecule has 0 bridgehead atoms. The molecule has 2 aromatic rings. The molecule has 0 spiro atoms. The number of ether oxygens (including phenoxy) is 1. The van der Waals surface area contributed by atoms with Crippen molar-refractivity contribution in [1.82, 2.24) is 20.2 Å². The molecule has 2 aliphatic heterocycles. The van der Waals surface area contributed by atoms with E-state index in [2.05, 4.69) is 25.5 Å². The Morgan fingerprint density at radius 2 is 2.08 bits per heavy atom. The van der Waals surface area contributed by atoms with E-state index in [0.717, 1.165) is 13.0 Å². The summed E-state index contributed by atoms with van der Waals surface area (Å²) in [6.45, 7) is 3.52. The molecular weight excluding hydrogens is 500 g/mol. The average molecular weight is 535 g/mol. The molecule has 0 radical (unpaired) electrons. The number of rotatable bonds is 13. The van der Waals surface area contributed by atoms with Gasteiger partial charge in [-0.1, -0.05) is 23.7 Å². The first-order valence-corrected chi connectivity index (χ1v) is 12.8. The monoisotopic (exact) mass is 534 g/mol. The lowest BCUT2D eigenvalue weighted by molar-refractivity contribution is -0.138. The van der Waals surface area contributed by atoms with E-state index in [-0.39, 0.29) is 6.23 Å². The number of halogens is 1. The summed E-state index contributed by atoms with van der Waals surface area (Å²) in [6, 6.07) is 6.83. The van der Waals surface area contributed by atoms with Crippen molar-refractivity contribution < 1.29 is 19.7 Å². The molecule has 0 amide bonds. The van der Waals surface area contributed by atoms with E-state index in [4.69, 9.17) is 27.8 Å². The van der Waals surface area contributed by atoms with Crippen LogP contribution in [-0.2, 0) is 16.0 Å². The summed E-state index contributed by atoms with van der Waals surface area (Å²) in [5, 5.41) is 27.3. The fraction of sp³-hybridized carbons (Fsp3) is 0.542. The number of aliphatic carboxylic acids is 1. The maximum atomic E-state index is 11.2. The number of aromatic nitrogens is 2. The fourth-order valence-electron chi connectivity index (χ4n) is 4.57. The summed E-state index contributed by atoms with van der Waals surface area (Å²) in [5.41, 5.74) is 13.5. The minimum Gasteiger partial charge on any atom is -0.480 e. The van der Waals surface area contributed by atoms with Gasteiger partial charge in [0, 0.05) is 37.6 Å². The van der Waals surface area contributed by atoms with Gasteiger partial charge in [-0.15, -0.1) is 0 Å². The summed E-state index contributed by atoms with van der Waals surface area (Å²) in [7, 11) is 0.